The Morgan fingerprint density at radius 2 is 1.85 bits per heavy atom. The number of alkyl halides is 5. The summed E-state index contributed by atoms with van der Waals surface area (Å²) in [5.74, 6) is -3.29. The molecule has 0 aliphatic heterocycles. The molecule has 5 N–H and O–H groups in total. The largest absolute Gasteiger partial charge is 0.435 e. The van der Waals surface area contributed by atoms with Gasteiger partial charge in [0.25, 0.3) is 5.92 Å². The summed E-state index contributed by atoms with van der Waals surface area (Å²) in [5, 5.41) is 23.8. The molecule has 2 aliphatic carbocycles. The topological polar surface area (TPSA) is 135 Å². The summed E-state index contributed by atoms with van der Waals surface area (Å²) < 4.78 is 102. The Kier molecular flexibility index (Phi) is 8.32. The van der Waals surface area contributed by atoms with Gasteiger partial charge in [-0.2, -0.15) is 32.1 Å². The Morgan fingerprint density at radius 1 is 1.12 bits per heavy atom. The molecule has 3 aromatic heterocycles. The van der Waals surface area contributed by atoms with E-state index in [1.807, 2.05) is 0 Å². The number of aromatic amines is 1. The van der Waals surface area contributed by atoms with E-state index in [9.17, 15) is 31.9 Å². The van der Waals surface area contributed by atoms with Crippen molar-refractivity contribution >= 4 is 22.6 Å². The number of nitrogens with two attached hydrogens (primary N) is 1. The molecule has 1 saturated carbocycles. The van der Waals surface area contributed by atoms with E-state index in [4.69, 9.17) is 5.73 Å². The van der Waals surface area contributed by atoms with Crippen LogP contribution in [0.3, 0.4) is 0 Å². The van der Waals surface area contributed by atoms with Crippen LogP contribution in [0.1, 0.15) is 72.6 Å². The predicted octanol–water partition coefficient (Wildman–Crippen LogP) is 6.52. The summed E-state index contributed by atoms with van der Waals surface area (Å²) in [6.07, 6.45) is -5.19. The molecule has 0 radical (unpaired) electrons. The van der Waals surface area contributed by atoms with E-state index >= 15 is 8.78 Å². The Hall–Kier alpha value is -5.43. The van der Waals surface area contributed by atoms with Crippen molar-refractivity contribution in [3.8, 4) is 23.0 Å². The van der Waals surface area contributed by atoms with Gasteiger partial charge in [-0.25, -0.2) is 13.8 Å². The fourth-order valence-corrected chi connectivity index (χ4v) is 7.06. The fourth-order valence-electron chi connectivity index (χ4n) is 7.06. The number of aromatic nitrogens is 5. The molecule has 270 valence electrons. The molecule has 0 spiro atoms. The van der Waals surface area contributed by atoms with E-state index in [0.717, 1.165) is 12.1 Å². The van der Waals surface area contributed by atoms with E-state index in [-0.39, 0.29) is 42.0 Å². The summed E-state index contributed by atoms with van der Waals surface area (Å²) in [5.41, 5.74) is 3.23. The van der Waals surface area contributed by atoms with E-state index in [1.165, 1.54) is 13.8 Å². The molecule has 3 atom stereocenters. The lowest BCUT2D eigenvalue weighted by Gasteiger charge is -2.34. The fraction of sp³-hybridized carbons (Fsp3) is 0.333. The average molecular weight is 726 g/mol. The number of nitrogens with zero attached hydrogens (tertiary/aromatic N) is 4. The molecule has 1 fully saturated rings. The number of carbonyl (C=O) groups is 1. The van der Waals surface area contributed by atoms with Crippen LogP contribution >= 0.6 is 0 Å². The van der Waals surface area contributed by atoms with Gasteiger partial charge in [-0.05, 0) is 80.8 Å². The number of carbonyl (C=O) groups excluding carboxylic acids is 1. The first-order chi connectivity index (χ1) is 24.4. The minimum absolute atomic E-state index is 0.0258. The van der Waals surface area contributed by atoms with Crippen LogP contribution in [0.4, 0.5) is 36.6 Å². The quantitative estimate of drug-likeness (QED) is 0.112. The number of rotatable bonds is 7. The number of H-pyrrole nitrogens is 1. The molecule has 7 rings (SSSR count). The normalized spacial score (nSPS) is 18.3. The minimum Gasteiger partial charge on any atom is -0.382 e. The molecule has 0 saturated heterocycles. The zero-order valence-electron chi connectivity index (χ0n) is 27.5. The van der Waals surface area contributed by atoms with Gasteiger partial charge in [0.15, 0.2) is 11.5 Å². The molecule has 52 heavy (non-hydrogen) atoms. The lowest BCUT2D eigenvalue weighted by molar-refractivity contribution is -0.144. The average Bonchev–Trinajstić information content (AvgIpc) is 3.63. The first-order valence-electron chi connectivity index (χ1n) is 16.2. The highest BCUT2D eigenvalue weighted by Crippen LogP contribution is 2.64. The van der Waals surface area contributed by atoms with Crippen molar-refractivity contribution in [1.29, 1.82) is 0 Å². The van der Waals surface area contributed by atoms with Crippen LogP contribution < -0.4 is 11.1 Å². The van der Waals surface area contributed by atoms with Crippen LogP contribution in [0.2, 0.25) is 0 Å². The molecule has 5 aromatic rings. The Balaban J connectivity index is 1.35. The van der Waals surface area contributed by atoms with Crippen molar-refractivity contribution in [2.75, 3.05) is 5.73 Å². The highest BCUT2D eigenvalue weighted by molar-refractivity contribution is 5.99. The van der Waals surface area contributed by atoms with Crippen LogP contribution in [-0.2, 0) is 29.9 Å². The summed E-state index contributed by atoms with van der Waals surface area (Å²) in [7, 11) is 0. The predicted molar refractivity (Wildman–Crippen MR) is 174 cm³/mol. The first-order valence-corrected chi connectivity index (χ1v) is 16.2. The van der Waals surface area contributed by atoms with Crippen molar-refractivity contribution in [2.45, 2.75) is 69.3 Å². The molecular weight excluding hydrogens is 695 g/mol. The maximum atomic E-state index is 15.5. The number of nitrogen functional groups attached to an aromatic ring is 1. The Labute approximate surface area is 291 Å². The van der Waals surface area contributed by atoms with Crippen LogP contribution in [0, 0.1) is 29.4 Å². The zero-order valence-corrected chi connectivity index (χ0v) is 27.5. The summed E-state index contributed by atoms with van der Waals surface area (Å²) in [4.78, 5) is 18.5. The SMILES string of the molecule is CC(C)(O)C#Cc1ccc(-c2cccc3c(N)n[nH]c23)c([C@H](Cc2cc(F)cc(F)c2)NC(=O)Cn2nc(C(F)(F)F)c3c2C(F)(F)[C@@H]2CC[C@H]32)n1. The Morgan fingerprint density at radius 3 is 2.50 bits per heavy atom. The minimum atomic E-state index is -5.04. The molecule has 0 bridgehead atoms. The van der Waals surface area contributed by atoms with Crippen LogP contribution in [0.5, 0.6) is 0 Å². The van der Waals surface area contributed by atoms with E-state index in [2.05, 4.69) is 37.4 Å². The van der Waals surface area contributed by atoms with Crippen molar-refractivity contribution in [1.82, 2.24) is 30.3 Å². The number of hydrogen-bond acceptors (Lipinski definition) is 6. The maximum absolute atomic E-state index is 15.5. The van der Waals surface area contributed by atoms with Gasteiger partial charge in [0.1, 0.15) is 35.2 Å². The molecule has 3 heterocycles. The number of para-hydroxylation sites is 1. The lowest BCUT2D eigenvalue weighted by Crippen LogP contribution is -2.36. The van der Waals surface area contributed by atoms with E-state index in [1.54, 1.807) is 30.3 Å². The lowest BCUT2D eigenvalue weighted by atomic mass is 9.73. The van der Waals surface area contributed by atoms with Gasteiger partial charge in [0, 0.05) is 34.1 Å². The van der Waals surface area contributed by atoms with Gasteiger partial charge >= 0.3 is 6.18 Å². The van der Waals surface area contributed by atoms with Gasteiger partial charge in [0.2, 0.25) is 5.91 Å². The number of benzene rings is 2. The number of nitrogens with one attached hydrogen (secondary N) is 2. The van der Waals surface area contributed by atoms with Crippen molar-refractivity contribution in [2.24, 2.45) is 5.92 Å². The van der Waals surface area contributed by atoms with E-state index in [0.29, 0.717) is 32.8 Å². The number of amides is 1. The van der Waals surface area contributed by atoms with Crippen molar-refractivity contribution in [3.63, 3.8) is 0 Å². The number of hydrogen-bond donors (Lipinski definition) is 4. The smallest absolute Gasteiger partial charge is 0.382 e. The second-order valence-electron chi connectivity index (χ2n) is 13.6. The van der Waals surface area contributed by atoms with E-state index < -0.39 is 76.6 Å². The van der Waals surface area contributed by atoms with Crippen LogP contribution in [-0.4, -0.2) is 41.6 Å². The summed E-state index contributed by atoms with van der Waals surface area (Å²) >= 11 is 0. The third kappa shape index (κ3) is 6.33. The molecule has 2 aliphatic rings. The summed E-state index contributed by atoms with van der Waals surface area (Å²) in [6.45, 7) is 1.87. The zero-order chi connectivity index (χ0) is 37.3. The molecule has 2 aromatic carbocycles. The highest BCUT2D eigenvalue weighted by Gasteiger charge is 2.63. The highest BCUT2D eigenvalue weighted by atomic mass is 19.4. The summed E-state index contributed by atoms with van der Waals surface area (Å²) in [6, 6.07) is 9.69. The van der Waals surface area contributed by atoms with Gasteiger partial charge in [0.05, 0.1) is 17.3 Å². The second kappa shape index (κ2) is 12.4. The molecule has 1 amide bonds. The molecule has 16 heteroatoms. The molecule has 9 nitrogen and oxygen atoms in total. The monoisotopic (exact) mass is 725 g/mol. The van der Waals surface area contributed by atoms with Gasteiger partial charge in [-0.15, -0.1) is 0 Å². The van der Waals surface area contributed by atoms with Gasteiger partial charge in [-0.1, -0.05) is 18.1 Å². The number of pyridine rings is 1. The molecule has 0 unspecified atom stereocenters. The maximum Gasteiger partial charge on any atom is 0.435 e. The molecular formula is C36H30F7N7O2. The first kappa shape index (κ1) is 35.0. The number of fused-ring (bicyclic) bond motifs is 4. The van der Waals surface area contributed by atoms with Crippen LogP contribution in [0.15, 0.2) is 48.5 Å². The van der Waals surface area contributed by atoms with Crippen molar-refractivity contribution in [3.05, 3.63) is 94.1 Å². The second-order valence-corrected chi connectivity index (χ2v) is 13.6. The number of aliphatic hydroxyl groups is 1. The third-order valence-electron chi connectivity index (χ3n) is 9.34. The van der Waals surface area contributed by atoms with Crippen LogP contribution in [0.25, 0.3) is 22.0 Å². The van der Waals surface area contributed by atoms with Gasteiger partial charge in [-0.3, -0.25) is 14.6 Å². The van der Waals surface area contributed by atoms with Crippen molar-refractivity contribution < 1.29 is 40.6 Å². The third-order valence-corrected chi connectivity index (χ3v) is 9.34. The number of halogens is 7. The Bertz CT molecular complexity index is 2280. The van der Waals surface area contributed by atoms with Gasteiger partial charge < -0.3 is 16.2 Å². The standard InChI is InChI=1S/C36H30F7N7O2/c1-34(2,52)11-10-20-6-7-22(21-4-3-5-24-29(21)47-48-33(24)44)30(45-20)26(14-17-12-18(37)15-19(38)13-17)46-27(51)16-50-32-28(31(49-50)36(41,42)43)23-8-9-25(23)35(32,39)40/h3-7,12-13,15,23,25-26,52H,8-9,14,16H2,1-2H3,(H,46,51)(H3,44,47,48)/t23-,25+,26-/m0/s1. The number of anilines is 1.